The van der Waals surface area contributed by atoms with Crippen molar-refractivity contribution in [2.24, 2.45) is 0 Å². The molecule has 1 saturated carbocycles. The third-order valence-corrected chi connectivity index (χ3v) is 5.40. The van der Waals surface area contributed by atoms with Crippen molar-refractivity contribution in [3.05, 3.63) is 42.5 Å². The molecule has 0 bridgehead atoms. The maximum absolute atomic E-state index is 6.29. The summed E-state index contributed by atoms with van der Waals surface area (Å²) >= 11 is 0. The quantitative estimate of drug-likeness (QED) is 0.818. The summed E-state index contributed by atoms with van der Waals surface area (Å²) in [6.07, 6.45) is 8.09. The van der Waals surface area contributed by atoms with Gasteiger partial charge in [0.1, 0.15) is 0 Å². The minimum Gasteiger partial charge on any atom is -0.399 e. The summed E-state index contributed by atoms with van der Waals surface area (Å²) in [5, 5.41) is 0. The van der Waals surface area contributed by atoms with Crippen molar-refractivity contribution in [1.82, 2.24) is 9.55 Å². The third-order valence-electron chi connectivity index (χ3n) is 5.40. The monoisotopic (exact) mass is 310 g/mol. The van der Waals surface area contributed by atoms with E-state index in [2.05, 4.69) is 50.9 Å². The Labute approximate surface area is 138 Å². The Hall–Kier alpha value is -1.59. The van der Waals surface area contributed by atoms with Gasteiger partial charge in [-0.1, -0.05) is 6.07 Å². The Balaban J connectivity index is 1.76. The lowest BCUT2D eigenvalue weighted by molar-refractivity contribution is 0.00578. The third kappa shape index (κ3) is 2.52. The van der Waals surface area contributed by atoms with Crippen molar-refractivity contribution in [3.8, 4) is 5.69 Å². The Bertz CT molecular complexity index is 705. The molecule has 23 heavy (non-hydrogen) atoms. The first-order valence-corrected chi connectivity index (χ1v) is 8.35. The largest absolute Gasteiger partial charge is 0.495 e. The molecule has 1 aliphatic heterocycles. The molecule has 2 fully saturated rings. The maximum Gasteiger partial charge on any atom is 0.495 e. The van der Waals surface area contributed by atoms with Gasteiger partial charge in [-0.2, -0.15) is 0 Å². The minimum atomic E-state index is -0.316. The topological polar surface area (TPSA) is 36.3 Å². The van der Waals surface area contributed by atoms with Gasteiger partial charge in [0, 0.05) is 18.1 Å². The predicted molar refractivity (Wildman–Crippen MR) is 91.3 cm³/mol. The predicted octanol–water partition coefficient (Wildman–Crippen LogP) is 3.05. The number of benzene rings is 1. The van der Waals surface area contributed by atoms with Gasteiger partial charge in [-0.15, -0.1) is 0 Å². The molecular formula is C18H23BN2O2. The average molecular weight is 310 g/mol. The molecule has 2 heterocycles. The molecule has 1 aromatic heterocycles. The summed E-state index contributed by atoms with van der Waals surface area (Å²) in [6, 6.07) is 6.58. The summed E-state index contributed by atoms with van der Waals surface area (Å²) in [7, 11) is -0.306. The Kier molecular flexibility index (Phi) is 3.22. The molecule has 0 spiro atoms. The number of hydrogen-bond acceptors (Lipinski definition) is 3. The molecule has 4 nitrogen and oxygen atoms in total. The molecule has 1 aromatic carbocycles. The first-order valence-electron chi connectivity index (χ1n) is 8.35. The van der Waals surface area contributed by atoms with Crippen LogP contribution in [0.1, 0.15) is 52.0 Å². The highest BCUT2D eigenvalue weighted by atomic mass is 16.7. The molecule has 5 heteroatoms. The fraction of sp³-hybridized carbons (Fsp3) is 0.500. The fourth-order valence-electron chi connectivity index (χ4n) is 3.07. The Morgan fingerprint density at radius 1 is 1.13 bits per heavy atom. The van der Waals surface area contributed by atoms with E-state index >= 15 is 0 Å². The zero-order chi connectivity index (χ0) is 16.2. The van der Waals surface area contributed by atoms with Gasteiger partial charge in [-0.05, 0) is 69.6 Å². The number of hydrogen-bond donors (Lipinski definition) is 0. The van der Waals surface area contributed by atoms with Crippen molar-refractivity contribution in [2.75, 3.05) is 0 Å². The molecule has 0 N–H and O–H groups in total. The molecule has 0 amide bonds. The van der Waals surface area contributed by atoms with E-state index in [0.717, 1.165) is 11.2 Å². The highest BCUT2D eigenvalue weighted by molar-refractivity contribution is 6.62. The minimum absolute atomic E-state index is 0.306. The fourth-order valence-corrected chi connectivity index (χ4v) is 3.07. The molecule has 2 aliphatic rings. The van der Waals surface area contributed by atoms with Gasteiger partial charge in [0.25, 0.3) is 0 Å². The SMILES string of the molecule is CC1(C)OB(c2cc(-n3ccnc3)ccc2C2CC2)OC1(C)C. The van der Waals surface area contributed by atoms with E-state index in [1.807, 2.05) is 17.1 Å². The maximum atomic E-state index is 6.29. The Morgan fingerprint density at radius 3 is 2.39 bits per heavy atom. The number of nitrogens with zero attached hydrogens (tertiary/aromatic N) is 2. The van der Waals surface area contributed by atoms with E-state index in [1.54, 1.807) is 6.20 Å². The molecule has 0 unspecified atom stereocenters. The van der Waals surface area contributed by atoms with Crippen LogP contribution in [0.3, 0.4) is 0 Å². The molecular weight excluding hydrogens is 287 g/mol. The lowest BCUT2D eigenvalue weighted by atomic mass is 9.74. The lowest BCUT2D eigenvalue weighted by Gasteiger charge is -2.32. The molecule has 120 valence electrons. The standard InChI is InChI=1S/C18H23BN2O2/c1-17(2)18(3,4)23-19(22-17)16-11-14(21-10-9-20-12-21)7-8-15(16)13-5-6-13/h7-13H,5-6H2,1-4H3. The Morgan fingerprint density at radius 2 is 1.83 bits per heavy atom. The van der Waals surface area contributed by atoms with E-state index in [1.165, 1.54) is 18.4 Å². The van der Waals surface area contributed by atoms with Crippen molar-refractivity contribution >= 4 is 12.6 Å². The van der Waals surface area contributed by atoms with Crippen LogP contribution in [0.25, 0.3) is 5.69 Å². The van der Waals surface area contributed by atoms with Crippen LogP contribution in [0, 0.1) is 0 Å². The van der Waals surface area contributed by atoms with Crippen LogP contribution in [0.15, 0.2) is 36.9 Å². The van der Waals surface area contributed by atoms with Crippen LogP contribution in [0.5, 0.6) is 0 Å². The van der Waals surface area contributed by atoms with Crippen LogP contribution in [-0.4, -0.2) is 27.9 Å². The summed E-state index contributed by atoms with van der Waals surface area (Å²) < 4.78 is 14.6. The number of aromatic nitrogens is 2. The van der Waals surface area contributed by atoms with E-state index in [9.17, 15) is 0 Å². The second-order valence-corrected chi connectivity index (χ2v) is 7.65. The lowest BCUT2D eigenvalue weighted by Crippen LogP contribution is -2.41. The van der Waals surface area contributed by atoms with Gasteiger partial charge in [-0.25, -0.2) is 4.98 Å². The zero-order valence-electron chi connectivity index (χ0n) is 14.2. The zero-order valence-corrected chi connectivity index (χ0v) is 14.2. The van der Waals surface area contributed by atoms with Gasteiger partial charge in [0.15, 0.2) is 0 Å². The highest BCUT2D eigenvalue weighted by Gasteiger charge is 2.52. The smallest absolute Gasteiger partial charge is 0.399 e. The van der Waals surface area contributed by atoms with Crippen LogP contribution >= 0.6 is 0 Å². The van der Waals surface area contributed by atoms with E-state index < -0.39 is 0 Å². The normalized spacial score (nSPS) is 22.5. The molecule has 4 rings (SSSR count). The van der Waals surface area contributed by atoms with Crippen LogP contribution < -0.4 is 5.46 Å². The first kappa shape index (κ1) is 15.0. The van der Waals surface area contributed by atoms with Crippen molar-refractivity contribution < 1.29 is 9.31 Å². The van der Waals surface area contributed by atoms with Crippen LogP contribution in [0.2, 0.25) is 0 Å². The second-order valence-electron chi connectivity index (χ2n) is 7.65. The average Bonchev–Trinajstić information content (AvgIpc) is 3.13. The first-order chi connectivity index (χ1) is 10.9. The summed E-state index contributed by atoms with van der Waals surface area (Å²) in [4.78, 5) is 4.14. The molecule has 2 aromatic rings. The molecule has 0 radical (unpaired) electrons. The summed E-state index contributed by atoms with van der Waals surface area (Å²) in [6.45, 7) is 8.40. The van der Waals surface area contributed by atoms with Crippen molar-refractivity contribution in [3.63, 3.8) is 0 Å². The summed E-state index contributed by atoms with van der Waals surface area (Å²) in [5.74, 6) is 0.654. The summed E-state index contributed by atoms with van der Waals surface area (Å²) in [5.41, 5.74) is 2.99. The second kappa shape index (κ2) is 4.95. The van der Waals surface area contributed by atoms with Crippen molar-refractivity contribution in [1.29, 1.82) is 0 Å². The van der Waals surface area contributed by atoms with Gasteiger partial charge >= 0.3 is 7.12 Å². The van der Waals surface area contributed by atoms with E-state index in [-0.39, 0.29) is 18.3 Å². The van der Waals surface area contributed by atoms with Gasteiger partial charge in [0.2, 0.25) is 0 Å². The van der Waals surface area contributed by atoms with Gasteiger partial charge in [-0.3, -0.25) is 0 Å². The molecule has 0 atom stereocenters. The van der Waals surface area contributed by atoms with Gasteiger partial charge < -0.3 is 13.9 Å². The van der Waals surface area contributed by atoms with Gasteiger partial charge in [0.05, 0.1) is 17.5 Å². The van der Waals surface area contributed by atoms with Crippen molar-refractivity contribution in [2.45, 2.75) is 57.7 Å². The number of rotatable bonds is 3. The number of imidazole rings is 1. The molecule has 1 aliphatic carbocycles. The van der Waals surface area contributed by atoms with Crippen LogP contribution in [-0.2, 0) is 9.31 Å². The van der Waals surface area contributed by atoms with E-state index in [0.29, 0.717) is 5.92 Å². The highest BCUT2D eigenvalue weighted by Crippen LogP contribution is 2.42. The molecule has 1 saturated heterocycles. The van der Waals surface area contributed by atoms with E-state index in [4.69, 9.17) is 9.31 Å². The van der Waals surface area contributed by atoms with Crippen LogP contribution in [0.4, 0.5) is 0 Å².